The highest BCUT2D eigenvalue weighted by Gasteiger charge is 2.15. The first kappa shape index (κ1) is 16.4. The van der Waals surface area contributed by atoms with Gasteiger partial charge >= 0.3 is 5.97 Å². The van der Waals surface area contributed by atoms with Crippen LogP contribution in [0.2, 0.25) is 0 Å². The van der Waals surface area contributed by atoms with Crippen molar-refractivity contribution in [2.75, 3.05) is 0 Å². The Kier molecular flexibility index (Phi) is 4.85. The Labute approximate surface area is 132 Å². The number of nitrogens with zero attached hydrogens (tertiary/aromatic N) is 1. The van der Waals surface area contributed by atoms with Gasteiger partial charge in [0.2, 0.25) is 0 Å². The van der Waals surface area contributed by atoms with Gasteiger partial charge in [-0.3, -0.25) is 14.9 Å². The van der Waals surface area contributed by atoms with E-state index in [9.17, 15) is 19.7 Å². The second-order valence-electron chi connectivity index (χ2n) is 4.95. The van der Waals surface area contributed by atoms with Crippen molar-refractivity contribution in [1.82, 2.24) is 0 Å². The average Bonchev–Trinajstić information content (AvgIpc) is 2.54. The minimum Gasteiger partial charge on any atom is -0.423 e. The van der Waals surface area contributed by atoms with Gasteiger partial charge in [0.25, 0.3) is 5.69 Å². The summed E-state index contributed by atoms with van der Waals surface area (Å²) in [6, 6.07) is 10.3. The van der Waals surface area contributed by atoms with E-state index in [1.165, 1.54) is 18.2 Å². The highest BCUT2D eigenvalue weighted by molar-refractivity contribution is 5.96. The number of ether oxygens (including phenoxy) is 1. The van der Waals surface area contributed by atoms with Crippen LogP contribution >= 0.6 is 0 Å². The van der Waals surface area contributed by atoms with E-state index in [-0.39, 0.29) is 17.0 Å². The van der Waals surface area contributed by atoms with Gasteiger partial charge in [-0.25, -0.2) is 4.79 Å². The van der Waals surface area contributed by atoms with Crippen LogP contribution in [0.1, 0.15) is 39.6 Å². The first-order valence-corrected chi connectivity index (χ1v) is 7.03. The van der Waals surface area contributed by atoms with Crippen molar-refractivity contribution in [3.05, 3.63) is 69.3 Å². The second-order valence-corrected chi connectivity index (χ2v) is 4.95. The Morgan fingerprint density at radius 1 is 1.09 bits per heavy atom. The fourth-order valence-corrected chi connectivity index (χ4v) is 2.07. The number of carbonyl (C=O) groups is 2. The maximum Gasteiger partial charge on any atom is 0.343 e. The van der Waals surface area contributed by atoms with Crippen LogP contribution in [0.3, 0.4) is 0 Å². The largest absolute Gasteiger partial charge is 0.423 e. The van der Waals surface area contributed by atoms with Gasteiger partial charge in [0.05, 0.1) is 10.5 Å². The van der Waals surface area contributed by atoms with Crippen LogP contribution in [-0.2, 0) is 0 Å². The standard InChI is InChI=1S/C17H15NO5/c1-3-16(19)12-4-7-14(8-5-12)23-17(20)13-6-9-15(18(21)22)11(2)10-13/h4-10H,3H2,1-2H3. The van der Waals surface area contributed by atoms with Crippen LogP contribution < -0.4 is 4.74 Å². The topological polar surface area (TPSA) is 86.5 Å². The van der Waals surface area contributed by atoms with Gasteiger partial charge in [-0.2, -0.15) is 0 Å². The van der Waals surface area contributed by atoms with Gasteiger partial charge in [0.1, 0.15) is 5.75 Å². The van der Waals surface area contributed by atoms with E-state index in [0.717, 1.165) is 0 Å². The van der Waals surface area contributed by atoms with Crippen molar-refractivity contribution >= 4 is 17.4 Å². The van der Waals surface area contributed by atoms with Gasteiger partial charge in [-0.05, 0) is 43.3 Å². The first-order valence-electron chi connectivity index (χ1n) is 7.03. The summed E-state index contributed by atoms with van der Waals surface area (Å²) >= 11 is 0. The van der Waals surface area contributed by atoms with Gasteiger partial charge in [-0.1, -0.05) is 6.92 Å². The van der Waals surface area contributed by atoms with E-state index in [1.807, 2.05) is 0 Å². The zero-order valence-electron chi connectivity index (χ0n) is 12.7. The average molecular weight is 313 g/mol. The number of hydrogen-bond donors (Lipinski definition) is 0. The lowest BCUT2D eigenvalue weighted by atomic mass is 10.1. The Morgan fingerprint density at radius 2 is 1.70 bits per heavy atom. The lowest BCUT2D eigenvalue weighted by Crippen LogP contribution is -2.09. The van der Waals surface area contributed by atoms with Crippen molar-refractivity contribution in [2.45, 2.75) is 20.3 Å². The lowest BCUT2D eigenvalue weighted by molar-refractivity contribution is -0.385. The molecular formula is C17H15NO5. The normalized spacial score (nSPS) is 10.2. The van der Waals surface area contributed by atoms with E-state index in [4.69, 9.17) is 4.74 Å². The van der Waals surface area contributed by atoms with Gasteiger partial charge in [0, 0.05) is 23.6 Å². The van der Waals surface area contributed by atoms with Gasteiger partial charge in [-0.15, -0.1) is 0 Å². The molecule has 0 heterocycles. The third kappa shape index (κ3) is 3.79. The molecule has 0 aliphatic rings. The summed E-state index contributed by atoms with van der Waals surface area (Å²) in [6.45, 7) is 3.33. The monoisotopic (exact) mass is 313 g/mol. The number of carbonyl (C=O) groups excluding carboxylic acids is 2. The Morgan fingerprint density at radius 3 is 2.22 bits per heavy atom. The molecule has 118 valence electrons. The number of hydrogen-bond acceptors (Lipinski definition) is 5. The summed E-state index contributed by atoms with van der Waals surface area (Å²) in [5.74, 6) is -0.301. The molecule has 23 heavy (non-hydrogen) atoms. The van der Waals surface area contributed by atoms with Gasteiger partial charge < -0.3 is 4.74 Å². The molecule has 0 aliphatic heterocycles. The van der Waals surface area contributed by atoms with Crippen LogP contribution in [0, 0.1) is 17.0 Å². The minimum atomic E-state index is -0.613. The van der Waals surface area contributed by atoms with E-state index < -0.39 is 10.9 Å². The molecule has 0 radical (unpaired) electrons. The molecule has 2 aromatic carbocycles. The quantitative estimate of drug-likeness (QED) is 0.276. The van der Waals surface area contributed by atoms with Gasteiger partial charge in [0.15, 0.2) is 5.78 Å². The molecular weight excluding hydrogens is 298 g/mol. The molecule has 6 nitrogen and oxygen atoms in total. The Balaban J connectivity index is 2.14. The van der Waals surface area contributed by atoms with Crippen molar-refractivity contribution in [3.8, 4) is 5.75 Å². The first-order chi connectivity index (χ1) is 10.9. The third-order valence-corrected chi connectivity index (χ3v) is 3.34. The summed E-state index contributed by atoms with van der Waals surface area (Å²) in [6.07, 6.45) is 0.404. The molecule has 0 aliphatic carbocycles. The summed E-state index contributed by atoms with van der Waals surface area (Å²) < 4.78 is 5.20. The minimum absolute atomic E-state index is 0.00821. The molecule has 0 amide bonds. The van der Waals surface area contributed by atoms with Crippen LogP contribution in [0.5, 0.6) is 5.75 Å². The second kappa shape index (κ2) is 6.83. The molecule has 6 heteroatoms. The Bertz CT molecular complexity index is 765. The highest BCUT2D eigenvalue weighted by Crippen LogP contribution is 2.20. The fraction of sp³-hybridized carbons (Fsp3) is 0.176. The smallest absolute Gasteiger partial charge is 0.343 e. The highest BCUT2D eigenvalue weighted by atomic mass is 16.6. The van der Waals surface area contributed by atoms with Crippen molar-refractivity contribution < 1.29 is 19.2 Å². The van der Waals surface area contributed by atoms with E-state index in [2.05, 4.69) is 0 Å². The molecule has 0 aromatic heterocycles. The molecule has 0 unspecified atom stereocenters. The zero-order chi connectivity index (χ0) is 17.0. The lowest BCUT2D eigenvalue weighted by Gasteiger charge is -2.06. The summed E-state index contributed by atoms with van der Waals surface area (Å²) in [4.78, 5) is 33.9. The van der Waals surface area contributed by atoms with E-state index in [1.54, 1.807) is 38.1 Å². The van der Waals surface area contributed by atoms with E-state index in [0.29, 0.717) is 23.3 Å². The van der Waals surface area contributed by atoms with E-state index >= 15 is 0 Å². The molecule has 0 fully saturated rings. The third-order valence-electron chi connectivity index (χ3n) is 3.34. The predicted molar refractivity (Wildman–Crippen MR) is 83.9 cm³/mol. The summed E-state index contributed by atoms with van der Waals surface area (Å²) in [5.41, 5.74) is 1.11. The number of rotatable bonds is 5. The van der Waals surface area contributed by atoms with Crippen LogP contribution in [-0.4, -0.2) is 16.7 Å². The summed E-state index contributed by atoms with van der Waals surface area (Å²) in [5, 5.41) is 10.8. The van der Waals surface area contributed by atoms with Crippen molar-refractivity contribution in [3.63, 3.8) is 0 Å². The maximum absolute atomic E-state index is 12.1. The van der Waals surface area contributed by atoms with Crippen LogP contribution in [0.25, 0.3) is 0 Å². The Hall–Kier alpha value is -3.02. The summed E-state index contributed by atoms with van der Waals surface area (Å²) in [7, 11) is 0. The number of ketones is 1. The van der Waals surface area contributed by atoms with Crippen molar-refractivity contribution in [1.29, 1.82) is 0 Å². The maximum atomic E-state index is 12.1. The molecule has 0 saturated heterocycles. The number of esters is 1. The molecule has 2 rings (SSSR count). The number of nitro benzene ring substituents is 1. The molecule has 2 aromatic rings. The number of nitro groups is 1. The van der Waals surface area contributed by atoms with Crippen molar-refractivity contribution in [2.24, 2.45) is 0 Å². The fourth-order valence-electron chi connectivity index (χ4n) is 2.07. The van der Waals surface area contributed by atoms with Crippen LogP contribution in [0.4, 0.5) is 5.69 Å². The SMILES string of the molecule is CCC(=O)c1ccc(OC(=O)c2ccc([N+](=O)[O-])c(C)c2)cc1. The zero-order valence-corrected chi connectivity index (χ0v) is 12.7. The molecule has 0 atom stereocenters. The molecule has 0 spiro atoms. The predicted octanol–water partition coefficient (Wildman–Crippen LogP) is 3.72. The molecule has 0 saturated carbocycles. The number of Topliss-reactive ketones (excluding diaryl/α,β-unsaturated/α-hetero) is 1. The van der Waals surface area contributed by atoms with Crippen LogP contribution in [0.15, 0.2) is 42.5 Å². The molecule has 0 bridgehead atoms. The molecule has 0 N–H and O–H groups in total. The number of benzene rings is 2. The number of aryl methyl sites for hydroxylation is 1.